The van der Waals surface area contributed by atoms with Crippen molar-refractivity contribution in [2.75, 3.05) is 0 Å². The van der Waals surface area contributed by atoms with Gasteiger partial charge in [-0.2, -0.15) is 5.26 Å². The molecule has 0 aromatic heterocycles. The minimum atomic E-state index is 0. The first-order valence-corrected chi connectivity index (χ1v) is 1.92. The Hall–Kier alpha value is 0.290. The van der Waals surface area contributed by atoms with Crippen molar-refractivity contribution in [1.82, 2.24) is 5.32 Å². The van der Waals surface area contributed by atoms with Gasteiger partial charge in [-0.15, -0.1) is 0 Å². The van der Waals surface area contributed by atoms with Crippen molar-refractivity contribution in [1.29, 1.82) is 5.26 Å². The summed E-state index contributed by atoms with van der Waals surface area (Å²) in [4.78, 5) is 0. The molecule has 0 unspecified atom stereocenters. The van der Waals surface area contributed by atoms with Gasteiger partial charge in [0.1, 0.15) is 0 Å². The van der Waals surface area contributed by atoms with Crippen molar-refractivity contribution in [3.05, 3.63) is 0 Å². The van der Waals surface area contributed by atoms with Crippen LogP contribution < -0.4 is 5.32 Å². The van der Waals surface area contributed by atoms with Gasteiger partial charge in [-0.3, -0.25) is 0 Å². The Morgan fingerprint density at radius 1 is 1.57 bits per heavy atom. The zero-order valence-corrected chi connectivity index (χ0v) is 4.02. The molecule has 0 aliphatic heterocycles. The summed E-state index contributed by atoms with van der Waals surface area (Å²) >= 11 is 0. The van der Waals surface area contributed by atoms with Gasteiger partial charge in [0.15, 0.2) is 6.19 Å². The van der Waals surface area contributed by atoms with Crippen LogP contribution in [0.4, 0.5) is 0 Å². The fraction of sp³-hybridized carbons (Fsp3) is 0.750. The van der Waals surface area contributed by atoms with E-state index < -0.39 is 0 Å². The second kappa shape index (κ2) is 6.29. The molecule has 3 heteroatoms. The van der Waals surface area contributed by atoms with Crippen molar-refractivity contribution in [3.63, 3.8) is 0 Å². The topological polar surface area (TPSA) is 35.8 Å². The normalized spacial score (nSPS) is 6.57. The van der Waals surface area contributed by atoms with Gasteiger partial charge in [0, 0.05) is 6.04 Å². The van der Waals surface area contributed by atoms with Crippen LogP contribution in [0.25, 0.3) is 0 Å². The van der Waals surface area contributed by atoms with E-state index in [-0.39, 0.29) is 35.6 Å². The molecule has 0 aromatic carbocycles. The molecule has 1 N–H and O–H groups in total. The van der Waals surface area contributed by atoms with Gasteiger partial charge < -0.3 is 5.32 Å². The molecule has 2 nitrogen and oxygen atoms in total. The van der Waals surface area contributed by atoms with Crippen LogP contribution in [0.5, 0.6) is 0 Å². The van der Waals surface area contributed by atoms with Crippen molar-refractivity contribution >= 4 is 29.6 Å². The van der Waals surface area contributed by atoms with Crippen LogP contribution in [0.2, 0.25) is 0 Å². The van der Waals surface area contributed by atoms with Crippen molar-refractivity contribution in [2.24, 2.45) is 0 Å². The number of nitriles is 1. The summed E-state index contributed by atoms with van der Waals surface area (Å²) in [5.74, 6) is 0. The zero-order chi connectivity index (χ0) is 4.99. The fourth-order valence-electron chi connectivity index (χ4n) is 0.129. The van der Waals surface area contributed by atoms with Gasteiger partial charge in [-0.1, -0.05) is 0 Å². The Kier molecular flexibility index (Phi) is 9.26. The van der Waals surface area contributed by atoms with Crippen LogP contribution in [0.15, 0.2) is 0 Å². The summed E-state index contributed by atoms with van der Waals surface area (Å²) in [7, 11) is 0. The van der Waals surface area contributed by atoms with E-state index in [0.29, 0.717) is 0 Å². The third-order valence-corrected chi connectivity index (χ3v) is 0.353. The number of hydrogen-bond donors (Lipinski definition) is 1. The summed E-state index contributed by atoms with van der Waals surface area (Å²) in [5.41, 5.74) is 0. The van der Waals surface area contributed by atoms with Crippen molar-refractivity contribution in [2.45, 2.75) is 19.9 Å². The van der Waals surface area contributed by atoms with Crippen LogP contribution in [-0.4, -0.2) is 35.6 Å². The second-order valence-corrected chi connectivity index (χ2v) is 1.41. The molecule has 0 radical (unpaired) electrons. The van der Waals surface area contributed by atoms with Gasteiger partial charge in [-0.05, 0) is 13.8 Å². The number of rotatable bonds is 1. The average molecular weight is 108 g/mol. The number of nitrogens with one attached hydrogen (secondary N) is 1. The van der Waals surface area contributed by atoms with Gasteiger partial charge in [-0.25, -0.2) is 0 Å². The van der Waals surface area contributed by atoms with Crippen molar-refractivity contribution < 1.29 is 0 Å². The third kappa shape index (κ3) is 10.7. The van der Waals surface area contributed by atoms with Gasteiger partial charge >= 0.3 is 29.6 Å². The first-order valence-electron chi connectivity index (χ1n) is 1.92. The first kappa shape index (κ1) is 10.3. The summed E-state index contributed by atoms with van der Waals surface area (Å²) in [6, 6.07) is 0.287. The number of nitrogens with zero attached hydrogens (tertiary/aromatic N) is 1. The zero-order valence-electron chi connectivity index (χ0n) is 4.02. The molecule has 0 aliphatic carbocycles. The monoisotopic (exact) mass is 108 g/mol. The SMILES string of the molecule is CC(C)NC#N.[NaH]. The fourth-order valence-corrected chi connectivity index (χ4v) is 0.129. The van der Waals surface area contributed by atoms with Crippen LogP contribution in [0, 0.1) is 11.5 Å². The van der Waals surface area contributed by atoms with Crippen LogP contribution >= 0.6 is 0 Å². The molecule has 0 saturated carbocycles. The van der Waals surface area contributed by atoms with Crippen LogP contribution in [-0.2, 0) is 0 Å². The molecule has 0 heterocycles. The van der Waals surface area contributed by atoms with E-state index in [1.54, 1.807) is 0 Å². The molecule has 36 valence electrons. The Labute approximate surface area is 66.2 Å². The molecule has 0 fully saturated rings. The quantitative estimate of drug-likeness (QED) is 0.287. The van der Waals surface area contributed by atoms with Crippen LogP contribution in [0.1, 0.15) is 13.8 Å². The summed E-state index contributed by atoms with van der Waals surface area (Å²) in [6.45, 7) is 3.84. The molecule has 0 aromatic rings. The molecule has 0 amide bonds. The predicted molar refractivity (Wildman–Crippen MR) is 31.0 cm³/mol. The Morgan fingerprint density at radius 3 is 2.00 bits per heavy atom. The number of hydrogen-bond acceptors (Lipinski definition) is 2. The van der Waals surface area contributed by atoms with Gasteiger partial charge in [0.05, 0.1) is 0 Å². The molecule has 0 rings (SSSR count). The summed E-state index contributed by atoms with van der Waals surface area (Å²) in [5, 5.41) is 10.4. The molecule has 0 spiro atoms. The standard InChI is InChI=1S/C4H8N2.Na.H/c1-4(2)6-3-5;;/h4,6H,1-2H3;;. The van der Waals surface area contributed by atoms with E-state index in [0.717, 1.165) is 0 Å². The van der Waals surface area contributed by atoms with Gasteiger partial charge in [0.25, 0.3) is 0 Å². The Morgan fingerprint density at radius 2 is 2.00 bits per heavy atom. The summed E-state index contributed by atoms with van der Waals surface area (Å²) in [6.07, 6.45) is 1.82. The summed E-state index contributed by atoms with van der Waals surface area (Å²) < 4.78 is 0. The third-order valence-electron chi connectivity index (χ3n) is 0.353. The van der Waals surface area contributed by atoms with E-state index in [1.807, 2.05) is 20.0 Å². The van der Waals surface area contributed by atoms with E-state index in [9.17, 15) is 0 Å². The Bertz CT molecular complexity index is 64.6. The van der Waals surface area contributed by atoms with E-state index >= 15 is 0 Å². The van der Waals surface area contributed by atoms with Crippen LogP contribution in [0.3, 0.4) is 0 Å². The minimum absolute atomic E-state index is 0. The first-order chi connectivity index (χ1) is 2.77. The second-order valence-electron chi connectivity index (χ2n) is 1.41. The molecule has 7 heavy (non-hydrogen) atoms. The van der Waals surface area contributed by atoms with Gasteiger partial charge in [0.2, 0.25) is 0 Å². The van der Waals surface area contributed by atoms with E-state index in [4.69, 9.17) is 5.26 Å². The van der Waals surface area contributed by atoms with E-state index in [1.165, 1.54) is 0 Å². The molecular formula is C4H9N2Na. The van der Waals surface area contributed by atoms with E-state index in [2.05, 4.69) is 5.32 Å². The molecule has 0 bridgehead atoms. The average Bonchev–Trinajstić information content (AvgIpc) is 1.35. The predicted octanol–water partition coefficient (Wildman–Crippen LogP) is -0.183. The molecule has 0 aliphatic rings. The Balaban J connectivity index is 0. The molecule has 0 saturated heterocycles. The maximum absolute atomic E-state index is 7.88. The van der Waals surface area contributed by atoms with Crippen molar-refractivity contribution in [3.8, 4) is 6.19 Å². The molecule has 0 atom stereocenters. The molecular weight excluding hydrogens is 99.0 g/mol. The maximum atomic E-state index is 7.88.